The van der Waals surface area contributed by atoms with E-state index in [1.54, 1.807) is 16.4 Å². The lowest BCUT2D eigenvalue weighted by atomic mass is 9.73. The number of amides is 2. The predicted octanol–water partition coefficient (Wildman–Crippen LogP) is 4.45. The molecule has 4 aromatic rings. The van der Waals surface area contributed by atoms with E-state index in [1.165, 1.54) is 6.33 Å². The Balaban J connectivity index is 1.32. The minimum absolute atomic E-state index is 0.00231. The third-order valence-electron chi connectivity index (χ3n) is 8.54. The highest BCUT2D eigenvalue weighted by Gasteiger charge is 2.49. The number of aromatic nitrogens is 6. The fourth-order valence-corrected chi connectivity index (χ4v) is 7.04. The van der Waals surface area contributed by atoms with Crippen molar-refractivity contribution in [3.63, 3.8) is 0 Å². The lowest BCUT2D eigenvalue weighted by Gasteiger charge is -2.39. The van der Waals surface area contributed by atoms with Gasteiger partial charge in [0.1, 0.15) is 12.9 Å². The number of hydrogen-bond acceptors (Lipinski definition) is 8. The Bertz CT molecular complexity index is 1940. The molecule has 2 aliphatic rings. The molecule has 1 atom stereocenters. The number of fused-ring (bicyclic) bond motifs is 3. The maximum atomic E-state index is 13.9. The maximum Gasteiger partial charge on any atom is 0.416 e. The number of halogens is 5. The van der Waals surface area contributed by atoms with E-state index in [-0.39, 0.29) is 56.4 Å². The van der Waals surface area contributed by atoms with Crippen LogP contribution in [0.25, 0.3) is 5.78 Å². The van der Waals surface area contributed by atoms with Gasteiger partial charge in [0.05, 0.1) is 22.0 Å². The summed E-state index contributed by atoms with van der Waals surface area (Å²) in [6.45, 7) is 3.77. The van der Waals surface area contributed by atoms with E-state index in [2.05, 4.69) is 41.3 Å². The molecule has 1 aromatic carbocycles. The largest absolute Gasteiger partial charge is 0.504 e. The Morgan fingerprint density at radius 1 is 1.22 bits per heavy atom. The number of carbonyl (C=O) groups excluding carboxylic acids is 2. The molecule has 45 heavy (non-hydrogen) atoms. The average molecular weight is 710 g/mol. The smallest absolute Gasteiger partial charge is 0.416 e. The standard InChI is InChI=1S/C28H25BrClF3N8O4/c1-13-10-27(5-7-39(8-6-27)24(45)20-22(43)14(2)34-12-35-20)19-21(13)40(26-37-25(29)38-41(26)23(19)44)11-18(42)36-17-4-3-15(9-16(17)30)28(31,32)33/h3-4,9,12-13,43H,5-8,10-11H2,1-2H3,(H,36,42)/t13-/m0/s1. The van der Waals surface area contributed by atoms with Crippen LogP contribution in [0.2, 0.25) is 5.02 Å². The Kier molecular flexibility index (Phi) is 7.62. The van der Waals surface area contributed by atoms with Crippen LogP contribution < -0.4 is 10.9 Å². The Morgan fingerprint density at radius 3 is 2.60 bits per heavy atom. The summed E-state index contributed by atoms with van der Waals surface area (Å²) in [7, 11) is 0. The van der Waals surface area contributed by atoms with Crippen molar-refractivity contribution in [2.24, 2.45) is 0 Å². The molecule has 2 amide bonds. The summed E-state index contributed by atoms with van der Waals surface area (Å²) in [5, 5.41) is 16.8. The molecule has 1 saturated heterocycles. The molecule has 1 aliphatic carbocycles. The van der Waals surface area contributed by atoms with Crippen molar-refractivity contribution in [1.82, 2.24) is 34.0 Å². The van der Waals surface area contributed by atoms with Gasteiger partial charge in [0, 0.05) is 29.8 Å². The van der Waals surface area contributed by atoms with Crippen LogP contribution in [-0.2, 0) is 22.9 Å². The zero-order valence-electron chi connectivity index (χ0n) is 23.8. The van der Waals surface area contributed by atoms with Crippen LogP contribution in [0, 0.1) is 6.92 Å². The molecule has 2 N–H and O–H groups in total. The molecule has 1 spiro atoms. The summed E-state index contributed by atoms with van der Waals surface area (Å²) >= 11 is 9.27. The topological polar surface area (TPSA) is 148 Å². The predicted molar refractivity (Wildman–Crippen MR) is 158 cm³/mol. The summed E-state index contributed by atoms with van der Waals surface area (Å²) < 4.78 is 42.1. The van der Waals surface area contributed by atoms with Crippen molar-refractivity contribution in [2.45, 2.75) is 57.2 Å². The van der Waals surface area contributed by atoms with Crippen LogP contribution in [0.15, 0.2) is 34.1 Å². The second kappa shape index (κ2) is 11.1. The minimum atomic E-state index is -4.60. The van der Waals surface area contributed by atoms with Gasteiger partial charge >= 0.3 is 6.18 Å². The second-order valence-electron chi connectivity index (χ2n) is 11.3. The summed E-state index contributed by atoms with van der Waals surface area (Å²) in [4.78, 5) is 54.2. The number of carbonyl (C=O) groups is 2. The molecule has 0 saturated carbocycles. The fraction of sp³-hybridized carbons (Fsp3) is 0.393. The lowest BCUT2D eigenvalue weighted by molar-refractivity contribution is -0.137. The van der Waals surface area contributed by atoms with E-state index in [0.717, 1.165) is 22.7 Å². The normalized spacial score (nSPS) is 17.6. The van der Waals surface area contributed by atoms with E-state index >= 15 is 0 Å². The first-order valence-electron chi connectivity index (χ1n) is 13.9. The van der Waals surface area contributed by atoms with Crippen LogP contribution >= 0.6 is 27.5 Å². The molecule has 3 aromatic heterocycles. The number of likely N-dealkylation sites (tertiary alicyclic amines) is 1. The van der Waals surface area contributed by atoms with E-state index in [9.17, 15) is 32.7 Å². The van der Waals surface area contributed by atoms with Crippen molar-refractivity contribution in [1.29, 1.82) is 0 Å². The van der Waals surface area contributed by atoms with Gasteiger partial charge in [-0.1, -0.05) is 18.5 Å². The van der Waals surface area contributed by atoms with Crippen LogP contribution in [0.4, 0.5) is 18.9 Å². The molecule has 4 heterocycles. The molecule has 6 rings (SSSR count). The summed E-state index contributed by atoms with van der Waals surface area (Å²) in [6.07, 6.45) is -1.94. The molecule has 236 valence electrons. The zero-order chi connectivity index (χ0) is 32.4. The molecular formula is C28H25BrClF3N8O4. The Hall–Kier alpha value is -4.05. The third kappa shape index (κ3) is 5.32. The molecule has 1 aliphatic heterocycles. The maximum absolute atomic E-state index is 13.9. The van der Waals surface area contributed by atoms with Gasteiger partial charge in [-0.3, -0.25) is 14.4 Å². The highest BCUT2D eigenvalue weighted by Crippen LogP contribution is 2.50. The van der Waals surface area contributed by atoms with E-state index < -0.39 is 29.0 Å². The van der Waals surface area contributed by atoms with Crippen LogP contribution in [0.3, 0.4) is 0 Å². The second-order valence-corrected chi connectivity index (χ2v) is 12.4. The van der Waals surface area contributed by atoms with Crippen molar-refractivity contribution in [2.75, 3.05) is 18.4 Å². The van der Waals surface area contributed by atoms with Crippen molar-refractivity contribution < 1.29 is 27.9 Å². The first kappa shape index (κ1) is 31.0. The van der Waals surface area contributed by atoms with Crippen molar-refractivity contribution in [3.05, 3.63) is 72.8 Å². The Morgan fingerprint density at radius 2 is 1.93 bits per heavy atom. The highest BCUT2D eigenvalue weighted by molar-refractivity contribution is 9.10. The number of aryl methyl sites for hydroxylation is 1. The fourth-order valence-electron chi connectivity index (χ4n) is 6.49. The number of piperidine rings is 1. The SMILES string of the molecule is Cc1ncnc(C(=O)N2CCC3(CC2)C[C@H](C)c2c3c(=O)n3nc(Br)nc3n2CC(=O)Nc2ccc(C(F)(F)F)cc2Cl)c1O. The van der Waals surface area contributed by atoms with Gasteiger partial charge < -0.3 is 19.9 Å². The third-order valence-corrected chi connectivity index (χ3v) is 9.19. The van der Waals surface area contributed by atoms with Gasteiger partial charge in [-0.2, -0.15) is 22.7 Å². The molecule has 1 fully saturated rings. The van der Waals surface area contributed by atoms with Crippen LogP contribution in [0.1, 0.15) is 65.1 Å². The highest BCUT2D eigenvalue weighted by atomic mass is 79.9. The molecule has 0 radical (unpaired) electrons. The number of nitrogens with one attached hydrogen (secondary N) is 1. The van der Waals surface area contributed by atoms with Gasteiger partial charge in [-0.15, -0.1) is 5.10 Å². The number of hydrogen-bond donors (Lipinski definition) is 2. The van der Waals surface area contributed by atoms with Gasteiger partial charge in [-0.25, -0.2) is 9.97 Å². The number of benzene rings is 1. The summed E-state index contributed by atoms with van der Waals surface area (Å²) in [6, 6.07) is 2.64. The quantitative estimate of drug-likeness (QED) is 0.316. The molecule has 12 nitrogen and oxygen atoms in total. The minimum Gasteiger partial charge on any atom is -0.504 e. The van der Waals surface area contributed by atoms with Crippen molar-refractivity contribution >= 4 is 50.8 Å². The Labute approximate surface area is 266 Å². The number of anilines is 1. The first-order chi connectivity index (χ1) is 21.2. The van der Waals surface area contributed by atoms with E-state index in [4.69, 9.17) is 11.6 Å². The van der Waals surface area contributed by atoms with Crippen molar-refractivity contribution in [3.8, 4) is 5.75 Å². The number of nitrogens with zero attached hydrogens (tertiary/aromatic N) is 7. The van der Waals surface area contributed by atoms with Gasteiger partial charge in [-0.05, 0) is 66.2 Å². The number of rotatable bonds is 4. The van der Waals surface area contributed by atoms with E-state index in [0.29, 0.717) is 43.6 Å². The average Bonchev–Trinajstić information content (AvgIpc) is 3.50. The molecule has 17 heteroatoms. The van der Waals surface area contributed by atoms with Gasteiger partial charge in [0.2, 0.25) is 16.4 Å². The lowest BCUT2D eigenvalue weighted by Crippen LogP contribution is -2.46. The molecular weight excluding hydrogens is 685 g/mol. The van der Waals surface area contributed by atoms with Gasteiger partial charge in [0.25, 0.3) is 11.5 Å². The number of alkyl halides is 3. The van der Waals surface area contributed by atoms with Crippen LogP contribution in [-0.4, -0.2) is 64.0 Å². The molecule has 0 bridgehead atoms. The first-order valence-corrected chi connectivity index (χ1v) is 15.0. The van der Waals surface area contributed by atoms with Crippen LogP contribution in [0.5, 0.6) is 5.75 Å². The monoisotopic (exact) mass is 708 g/mol. The van der Waals surface area contributed by atoms with Gasteiger partial charge in [0.15, 0.2) is 11.4 Å². The number of aromatic hydroxyl groups is 1. The zero-order valence-corrected chi connectivity index (χ0v) is 26.2. The summed E-state index contributed by atoms with van der Waals surface area (Å²) in [5.74, 6) is -1.39. The van der Waals surface area contributed by atoms with E-state index in [1.807, 2.05) is 6.92 Å². The summed E-state index contributed by atoms with van der Waals surface area (Å²) in [5.41, 5.74) is -0.685. The molecule has 0 unspecified atom stereocenters.